The van der Waals surface area contributed by atoms with Crippen molar-refractivity contribution in [2.45, 2.75) is 32.6 Å². The average Bonchev–Trinajstić information content (AvgIpc) is 1.79. The largest absolute Gasteiger partial charge is 4.00 e. The van der Waals surface area contributed by atoms with Crippen LogP contribution in [0.2, 0.25) is 0 Å². The van der Waals surface area contributed by atoms with Gasteiger partial charge in [-0.25, -0.2) is 0 Å². The van der Waals surface area contributed by atoms with Crippen molar-refractivity contribution in [1.29, 1.82) is 0 Å². The summed E-state index contributed by atoms with van der Waals surface area (Å²) in [6, 6.07) is 0. The van der Waals surface area contributed by atoms with Gasteiger partial charge in [-0.15, -0.1) is 0 Å². The molecule has 0 aliphatic carbocycles. The molecule has 0 unspecified atom stereocenters. The minimum atomic E-state index is -3.72. The van der Waals surface area contributed by atoms with Crippen LogP contribution >= 0.6 is 5.69 Å². The van der Waals surface area contributed by atoms with Gasteiger partial charge in [-0.1, -0.05) is 26.2 Å². The van der Waals surface area contributed by atoms with Crippen molar-refractivity contribution < 1.29 is 30.9 Å². The molecule has 0 heterocycles. The van der Waals surface area contributed by atoms with E-state index in [1.165, 1.54) is 19.3 Å². The molecule has 0 atom stereocenters. The zero-order valence-corrected chi connectivity index (χ0v) is 11.6. The van der Waals surface area contributed by atoms with Gasteiger partial charge in [0, 0.05) is 0 Å². The molecule has 2 nitrogen and oxygen atoms in total. The molecule has 12 heavy (non-hydrogen) atoms. The van der Waals surface area contributed by atoms with E-state index in [2.05, 4.69) is 37.9 Å². The van der Waals surface area contributed by atoms with Crippen molar-refractivity contribution in [2.75, 3.05) is 0 Å². The van der Waals surface area contributed by atoms with Crippen LogP contribution in [-0.2, 0) is 45.1 Å². The molecule has 0 spiro atoms. The normalized spacial score (nSPS) is 9.42. The zero-order valence-electron chi connectivity index (χ0n) is 7.02. The predicted octanol–water partition coefficient (Wildman–Crippen LogP) is 0.877. The molecule has 0 bridgehead atoms. The second-order valence-electron chi connectivity index (χ2n) is 2.01. The summed E-state index contributed by atoms with van der Waals surface area (Å²) in [7, 11) is 0. The molecule has 0 aromatic heterocycles. The van der Waals surface area contributed by atoms with Crippen LogP contribution < -0.4 is 9.79 Å². The van der Waals surface area contributed by atoms with Crippen molar-refractivity contribution in [1.82, 2.24) is 0 Å². The minimum Gasteiger partial charge on any atom is -0.850 e. The van der Waals surface area contributed by atoms with Gasteiger partial charge in [0.05, 0.1) is 0 Å². The maximum Gasteiger partial charge on any atom is 4.00 e. The van der Waals surface area contributed by atoms with Crippen molar-refractivity contribution in [3.05, 3.63) is 6.92 Å². The van der Waals surface area contributed by atoms with E-state index < -0.39 is 5.69 Å². The first-order valence-electron chi connectivity index (χ1n) is 3.44. The molecular weight excluding hydrogens is 295 g/mol. The third-order valence-electron chi connectivity index (χ3n) is 0.854. The van der Waals surface area contributed by atoms with E-state index in [1.54, 1.807) is 0 Å². The molecule has 0 aromatic carbocycles. The molecule has 0 aromatic rings. The van der Waals surface area contributed by atoms with E-state index in [0.29, 0.717) is 0 Å². The standard InChI is InChI=1S/C6H13.Mo.H3O2PS2/c1-3-5-6-4-2;;1-3(2,4)5/h1,3-6H2,2H3;;(H3,1,2,4,5)/q-1;+4;/p-3. The van der Waals surface area contributed by atoms with E-state index in [-0.39, 0.29) is 21.1 Å². The Morgan fingerprint density at radius 2 is 1.75 bits per heavy atom. The van der Waals surface area contributed by atoms with Crippen LogP contribution in [0.15, 0.2) is 0 Å². The Kier molecular flexibility index (Phi) is 20.2. The zero-order chi connectivity index (χ0) is 9.33. The smallest absolute Gasteiger partial charge is 0.850 e. The Hall–Kier alpha value is 1.61. The fourth-order valence-electron chi connectivity index (χ4n) is 0.427. The van der Waals surface area contributed by atoms with Gasteiger partial charge in [0.15, 0.2) is 0 Å². The van der Waals surface area contributed by atoms with Gasteiger partial charge in [-0.05, 0) is 0 Å². The van der Waals surface area contributed by atoms with Crippen LogP contribution in [0.3, 0.4) is 0 Å². The summed E-state index contributed by atoms with van der Waals surface area (Å²) >= 11 is 7.28. The van der Waals surface area contributed by atoms with Gasteiger partial charge >= 0.3 is 21.1 Å². The van der Waals surface area contributed by atoms with E-state index in [0.717, 1.165) is 6.42 Å². The topological polar surface area (TPSA) is 46.1 Å². The summed E-state index contributed by atoms with van der Waals surface area (Å²) in [6.45, 7) is 5.93. The first-order chi connectivity index (χ1) is 4.91. The van der Waals surface area contributed by atoms with Gasteiger partial charge in [-0.3, -0.25) is 0 Å². The van der Waals surface area contributed by atoms with E-state index in [9.17, 15) is 9.79 Å². The first kappa shape index (κ1) is 19.2. The first-order valence-corrected chi connectivity index (χ1v) is 7.09. The molecule has 0 fully saturated rings. The number of rotatable bonds is 3. The molecule has 0 rings (SSSR count). The van der Waals surface area contributed by atoms with Gasteiger partial charge in [0.1, 0.15) is 0 Å². The summed E-state index contributed by atoms with van der Waals surface area (Å²) in [5.41, 5.74) is -3.72. The molecule has 0 radical (unpaired) electrons. The van der Waals surface area contributed by atoms with Crippen LogP contribution in [0, 0.1) is 6.92 Å². The third-order valence-corrected chi connectivity index (χ3v) is 0.854. The van der Waals surface area contributed by atoms with Crippen LogP contribution in [0.4, 0.5) is 0 Å². The number of hydrogen-bond donors (Lipinski definition) is 0. The number of unbranched alkanes of at least 4 members (excludes halogenated alkanes) is 3. The van der Waals surface area contributed by atoms with Crippen LogP contribution in [0.25, 0.3) is 0 Å². The van der Waals surface area contributed by atoms with E-state index in [1.807, 2.05) is 0 Å². The monoisotopic (exact) mass is 310 g/mol. The summed E-state index contributed by atoms with van der Waals surface area (Å²) in [6.07, 6.45) is 5.07. The Bertz CT molecular complexity index is 106. The van der Waals surface area contributed by atoms with Crippen LogP contribution in [0.1, 0.15) is 32.6 Å². The molecule has 0 saturated carbocycles. The van der Waals surface area contributed by atoms with Gasteiger partial charge in [0.25, 0.3) is 0 Å². The maximum atomic E-state index is 9.29. The summed E-state index contributed by atoms with van der Waals surface area (Å²) < 4.78 is 0. The van der Waals surface area contributed by atoms with Crippen molar-refractivity contribution in [3.63, 3.8) is 0 Å². The Morgan fingerprint density at radius 3 is 1.83 bits per heavy atom. The Balaban J connectivity index is -0.000000126. The molecule has 6 heteroatoms. The van der Waals surface area contributed by atoms with Gasteiger partial charge < -0.3 is 34.7 Å². The molecular formula is C6H13MoO2PS2. The van der Waals surface area contributed by atoms with Crippen molar-refractivity contribution >= 4 is 29.7 Å². The summed E-state index contributed by atoms with van der Waals surface area (Å²) in [5.74, 6) is 0. The maximum absolute atomic E-state index is 9.29. The molecule has 0 saturated heterocycles. The number of hydrogen-bond acceptors (Lipinski definition) is 4. The fraction of sp³-hybridized carbons (Fsp3) is 0.833. The summed E-state index contributed by atoms with van der Waals surface area (Å²) in [4.78, 5) is 18.6. The minimum absolute atomic E-state index is 0. The van der Waals surface area contributed by atoms with Gasteiger partial charge in [0.2, 0.25) is 0 Å². The SMILES string of the molecule is [CH2-]CCCCC.[Mo+4].[O-]P([O-])(=S)[S-]. The molecule has 0 N–H and O–H groups in total. The van der Waals surface area contributed by atoms with Crippen LogP contribution in [0.5, 0.6) is 0 Å². The summed E-state index contributed by atoms with van der Waals surface area (Å²) in [5, 5.41) is 0. The quantitative estimate of drug-likeness (QED) is 0.255. The Labute approximate surface area is 99.7 Å². The molecule has 0 aliphatic rings. The molecule has 0 aliphatic heterocycles. The van der Waals surface area contributed by atoms with Crippen molar-refractivity contribution in [3.8, 4) is 0 Å². The third kappa shape index (κ3) is 61.5. The fourth-order valence-corrected chi connectivity index (χ4v) is 0.427. The van der Waals surface area contributed by atoms with Crippen molar-refractivity contribution in [2.24, 2.45) is 0 Å². The van der Waals surface area contributed by atoms with Gasteiger partial charge in [-0.2, -0.15) is 18.2 Å². The average molecular weight is 308 g/mol. The predicted molar refractivity (Wildman–Crippen MR) is 51.1 cm³/mol. The molecule has 72 valence electrons. The van der Waals surface area contributed by atoms with Crippen LogP contribution in [-0.4, -0.2) is 0 Å². The molecule has 0 amide bonds. The van der Waals surface area contributed by atoms with E-state index in [4.69, 9.17) is 0 Å². The van der Waals surface area contributed by atoms with E-state index >= 15 is 0 Å². The second kappa shape index (κ2) is 12.6. The Morgan fingerprint density at radius 1 is 1.42 bits per heavy atom. The second-order valence-corrected chi connectivity index (χ2v) is 6.48.